The lowest BCUT2D eigenvalue weighted by atomic mass is 10.1. The second-order valence-corrected chi connectivity index (χ2v) is 8.57. The summed E-state index contributed by atoms with van der Waals surface area (Å²) >= 11 is 2.02. The zero-order chi connectivity index (χ0) is 19.3. The average molecular weight is 406 g/mol. The highest BCUT2D eigenvalue weighted by atomic mass is 32.2. The minimum Gasteiger partial charge on any atom is -0.431 e. The second-order valence-electron chi connectivity index (χ2n) is 7.24. The predicted molar refractivity (Wildman–Crippen MR) is 105 cm³/mol. The highest BCUT2D eigenvalue weighted by molar-refractivity contribution is 8.00. The van der Waals surface area contributed by atoms with E-state index >= 15 is 0 Å². The molecule has 0 amide bonds. The van der Waals surface area contributed by atoms with Crippen molar-refractivity contribution in [3.8, 4) is 17.0 Å². The molecule has 3 saturated heterocycles. The lowest BCUT2D eigenvalue weighted by Crippen LogP contribution is -2.39. The molecule has 2 aromatic heterocycles. The zero-order valence-electron chi connectivity index (χ0n) is 15.1. The number of nitrogens with two attached hydrogens (primary N) is 1. The van der Waals surface area contributed by atoms with Gasteiger partial charge in [0.15, 0.2) is 11.6 Å². The summed E-state index contributed by atoms with van der Waals surface area (Å²) in [5, 5.41) is 0.653. The number of fused-ring (bicyclic) bond motifs is 2. The van der Waals surface area contributed by atoms with Crippen LogP contribution in [0.3, 0.4) is 0 Å². The van der Waals surface area contributed by atoms with E-state index in [2.05, 4.69) is 24.5 Å². The van der Waals surface area contributed by atoms with Gasteiger partial charge < -0.3 is 20.3 Å². The molecule has 0 spiro atoms. The standard InChI is InChI=1S/C18H20F2N6OS/c19-17(20)27-14-4-10(7-22-16(14)21)13-6-15(24-18(23-13)25-2-1-3-25)26-8-12-5-11(26)9-28-12/h4,6-7,11-12,17H,1-3,5,8-9H2,(H2,21,22)/t11-,12-/m0/s1. The highest BCUT2D eigenvalue weighted by Crippen LogP contribution is 2.41. The van der Waals surface area contributed by atoms with Gasteiger partial charge in [0.2, 0.25) is 5.95 Å². The van der Waals surface area contributed by atoms with Crippen molar-refractivity contribution in [2.24, 2.45) is 0 Å². The number of nitrogens with zero attached hydrogens (tertiary/aromatic N) is 5. The van der Waals surface area contributed by atoms with Crippen molar-refractivity contribution in [1.82, 2.24) is 15.0 Å². The normalized spacial score (nSPS) is 23.4. The van der Waals surface area contributed by atoms with Crippen molar-refractivity contribution in [2.45, 2.75) is 30.7 Å². The molecular weight excluding hydrogens is 386 g/mol. The molecule has 3 aliphatic rings. The average Bonchev–Trinajstić information content (AvgIpc) is 3.25. The molecule has 5 rings (SSSR count). The van der Waals surface area contributed by atoms with Gasteiger partial charge in [0.25, 0.3) is 0 Å². The van der Waals surface area contributed by atoms with E-state index in [0.717, 1.165) is 37.6 Å². The van der Waals surface area contributed by atoms with Crippen molar-refractivity contribution in [1.29, 1.82) is 0 Å². The van der Waals surface area contributed by atoms with Crippen LogP contribution in [0.4, 0.5) is 26.4 Å². The number of thioether (sulfide) groups is 1. The number of hydrogen-bond acceptors (Lipinski definition) is 8. The Morgan fingerprint density at radius 1 is 1.25 bits per heavy atom. The van der Waals surface area contributed by atoms with Crippen molar-refractivity contribution in [3.05, 3.63) is 18.3 Å². The van der Waals surface area contributed by atoms with Gasteiger partial charge >= 0.3 is 6.61 Å². The first-order valence-electron chi connectivity index (χ1n) is 9.30. The maximum Gasteiger partial charge on any atom is 0.387 e. The fourth-order valence-corrected chi connectivity index (χ4v) is 5.28. The van der Waals surface area contributed by atoms with Gasteiger partial charge in [0.05, 0.1) is 5.69 Å². The van der Waals surface area contributed by atoms with Crippen LogP contribution in [0.15, 0.2) is 18.3 Å². The molecule has 0 saturated carbocycles. The van der Waals surface area contributed by atoms with E-state index in [1.807, 2.05) is 17.8 Å². The summed E-state index contributed by atoms with van der Waals surface area (Å²) in [5.41, 5.74) is 6.89. The first kappa shape index (κ1) is 17.7. The van der Waals surface area contributed by atoms with Gasteiger partial charge in [-0.2, -0.15) is 25.5 Å². The molecule has 2 bridgehead atoms. The third-order valence-corrected chi connectivity index (χ3v) is 6.82. The van der Waals surface area contributed by atoms with E-state index < -0.39 is 6.61 Å². The van der Waals surface area contributed by atoms with Crippen LogP contribution < -0.4 is 20.3 Å². The molecular formula is C18H20F2N6OS. The third kappa shape index (κ3) is 3.19. The van der Waals surface area contributed by atoms with Crippen LogP contribution in [0.25, 0.3) is 11.3 Å². The SMILES string of the molecule is Nc1ncc(-c2cc(N3C[C@@H]4C[C@H]3CS4)nc(N3CCC3)n2)cc1OC(F)F. The number of hydrogen-bond donors (Lipinski definition) is 1. The molecule has 3 fully saturated rings. The summed E-state index contributed by atoms with van der Waals surface area (Å²) in [4.78, 5) is 18.0. The summed E-state index contributed by atoms with van der Waals surface area (Å²) in [7, 11) is 0. The molecule has 28 heavy (non-hydrogen) atoms. The molecule has 0 aromatic carbocycles. The minimum atomic E-state index is -2.96. The fraction of sp³-hybridized carbons (Fsp3) is 0.500. The van der Waals surface area contributed by atoms with E-state index in [4.69, 9.17) is 10.7 Å². The molecule has 0 radical (unpaired) electrons. The minimum absolute atomic E-state index is 0.0739. The largest absolute Gasteiger partial charge is 0.431 e. The summed E-state index contributed by atoms with van der Waals surface area (Å²) in [6, 6.07) is 3.87. The Balaban J connectivity index is 1.54. The van der Waals surface area contributed by atoms with E-state index in [1.165, 1.54) is 18.7 Å². The maximum atomic E-state index is 12.7. The number of ether oxygens (including phenoxy) is 1. The molecule has 2 aromatic rings. The first-order chi connectivity index (χ1) is 13.6. The summed E-state index contributed by atoms with van der Waals surface area (Å²) in [6.07, 6.45) is 3.83. The molecule has 0 unspecified atom stereocenters. The number of nitrogen functional groups attached to an aromatic ring is 1. The predicted octanol–water partition coefficient (Wildman–Crippen LogP) is 2.63. The lowest BCUT2D eigenvalue weighted by molar-refractivity contribution is -0.0494. The van der Waals surface area contributed by atoms with E-state index in [-0.39, 0.29) is 11.6 Å². The third-order valence-electron chi connectivity index (χ3n) is 5.43. The van der Waals surface area contributed by atoms with E-state index in [1.54, 1.807) is 0 Å². The van der Waals surface area contributed by atoms with Crippen LogP contribution in [-0.4, -0.2) is 58.2 Å². The van der Waals surface area contributed by atoms with E-state index in [0.29, 0.717) is 28.5 Å². The molecule has 5 heterocycles. The quantitative estimate of drug-likeness (QED) is 0.812. The Bertz CT molecular complexity index is 896. The number of rotatable bonds is 5. The fourth-order valence-electron chi connectivity index (χ4n) is 3.84. The summed E-state index contributed by atoms with van der Waals surface area (Å²) in [6.45, 7) is -0.144. The number of aromatic nitrogens is 3. The summed E-state index contributed by atoms with van der Waals surface area (Å²) in [5.74, 6) is 2.44. The molecule has 148 valence electrons. The number of alkyl halides is 2. The van der Waals surface area contributed by atoms with Crippen molar-refractivity contribution >= 4 is 29.3 Å². The van der Waals surface area contributed by atoms with Crippen molar-refractivity contribution in [3.63, 3.8) is 0 Å². The van der Waals surface area contributed by atoms with Gasteiger partial charge in [-0.05, 0) is 18.9 Å². The number of pyridine rings is 1. The van der Waals surface area contributed by atoms with Crippen LogP contribution in [-0.2, 0) is 0 Å². The van der Waals surface area contributed by atoms with Crippen LogP contribution in [0.1, 0.15) is 12.8 Å². The summed E-state index contributed by atoms with van der Waals surface area (Å²) < 4.78 is 29.8. The highest BCUT2D eigenvalue weighted by Gasteiger charge is 2.39. The Hall–Kier alpha value is -2.36. The molecule has 0 aliphatic carbocycles. The molecule has 2 N–H and O–H groups in total. The Labute approximate surface area is 165 Å². The molecule has 10 heteroatoms. The number of halogens is 2. The molecule has 7 nitrogen and oxygen atoms in total. The molecule has 3 aliphatic heterocycles. The Morgan fingerprint density at radius 3 is 2.75 bits per heavy atom. The smallest absolute Gasteiger partial charge is 0.387 e. The van der Waals surface area contributed by atoms with Crippen molar-refractivity contribution in [2.75, 3.05) is 40.9 Å². The Morgan fingerprint density at radius 2 is 2.11 bits per heavy atom. The van der Waals surface area contributed by atoms with Gasteiger partial charge in [-0.3, -0.25) is 0 Å². The maximum absolute atomic E-state index is 12.7. The monoisotopic (exact) mass is 406 g/mol. The Kier molecular flexibility index (Phi) is 4.37. The van der Waals surface area contributed by atoms with Gasteiger partial charge in [-0.1, -0.05) is 0 Å². The van der Waals surface area contributed by atoms with E-state index in [9.17, 15) is 8.78 Å². The second kappa shape index (κ2) is 6.91. The van der Waals surface area contributed by atoms with Crippen LogP contribution >= 0.6 is 11.8 Å². The number of anilines is 3. The van der Waals surface area contributed by atoms with Crippen LogP contribution in [0, 0.1) is 0 Å². The van der Waals surface area contributed by atoms with Gasteiger partial charge in [-0.25, -0.2) is 9.97 Å². The topological polar surface area (TPSA) is 80.4 Å². The zero-order valence-corrected chi connectivity index (χ0v) is 15.9. The van der Waals surface area contributed by atoms with Crippen LogP contribution in [0.2, 0.25) is 0 Å². The van der Waals surface area contributed by atoms with Gasteiger partial charge in [0.1, 0.15) is 5.82 Å². The molecule has 2 atom stereocenters. The van der Waals surface area contributed by atoms with Crippen molar-refractivity contribution < 1.29 is 13.5 Å². The first-order valence-corrected chi connectivity index (χ1v) is 10.3. The van der Waals surface area contributed by atoms with Gasteiger partial charge in [0, 0.05) is 54.5 Å². The van der Waals surface area contributed by atoms with Crippen LogP contribution in [0.5, 0.6) is 5.75 Å². The lowest BCUT2D eigenvalue weighted by Gasteiger charge is -2.33. The van der Waals surface area contributed by atoms with Gasteiger partial charge in [-0.15, -0.1) is 0 Å².